The highest BCUT2D eigenvalue weighted by Crippen LogP contribution is 2.17. The highest BCUT2D eigenvalue weighted by atomic mass is 32.1. The van der Waals surface area contributed by atoms with E-state index in [1.54, 1.807) is 18.4 Å². The second-order valence-electron chi connectivity index (χ2n) is 5.67. The molecule has 0 bridgehead atoms. The number of aromatic nitrogens is 1. The number of nitrogens with zero attached hydrogens (tertiary/aromatic N) is 3. The van der Waals surface area contributed by atoms with Crippen molar-refractivity contribution in [2.75, 3.05) is 27.7 Å². The van der Waals surface area contributed by atoms with Gasteiger partial charge in [0.2, 0.25) is 0 Å². The smallest absolute Gasteiger partial charge is 0.193 e. The molecule has 1 aromatic heterocycles. The maximum Gasteiger partial charge on any atom is 0.193 e. The molecule has 0 saturated heterocycles. The minimum absolute atomic E-state index is 0.794. The molecule has 0 unspecified atom stereocenters. The van der Waals surface area contributed by atoms with Gasteiger partial charge in [-0.3, -0.25) is 4.99 Å². The molecule has 1 N–H and O–H groups in total. The van der Waals surface area contributed by atoms with Crippen LogP contribution in [0.3, 0.4) is 0 Å². The lowest BCUT2D eigenvalue weighted by Crippen LogP contribution is -2.39. The first-order valence-electron chi connectivity index (χ1n) is 8.01. The minimum Gasteiger partial charge on any atom is -0.497 e. The normalized spacial score (nSPS) is 11.5. The average Bonchev–Trinajstić information content (AvgIpc) is 2.89. The molecule has 0 aliphatic heterocycles. The van der Waals surface area contributed by atoms with Crippen molar-refractivity contribution >= 4 is 17.3 Å². The highest BCUT2D eigenvalue weighted by molar-refractivity contribution is 7.11. The number of methoxy groups -OCH3 is 1. The number of guanidine groups is 1. The van der Waals surface area contributed by atoms with E-state index in [9.17, 15) is 0 Å². The predicted molar refractivity (Wildman–Crippen MR) is 101 cm³/mol. The summed E-state index contributed by atoms with van der Waals surface area (Å²) in [5.41, 5.74) is 2.36. The van der Waals surface area contributed by atoms with Crippen molar-refractivity contribution in [2.24, 2.45) is 4.99 Å². The van der Waals surface area contributed by atoms with Crippen LogP contribution in [-0.4, -0.2) is 43.6 Å². The monoisotopic (exact) mass is 346 g/mol. The number of aryl methyl sites for hydroxylation is 2. The number of hydrogen-bond acceptors (Lipinski definition) is 4. The summed E-state index contributed by atoms with van der Waals surface area (Å²) in [6, 6.07) is 8.11. The Morgan fingerprint density at radius 1 is 1.29 bits per heavy atom. The number of nitrogens with one attached hydrogen (secondary N) is 1. The van der Waals surface area contributed by atoms with E-state index in [4.69, 9.17) is 4.74 Å². The topological polar surface area (TPSA) is 49.8 Å². The van der Waals surface area contributed by atoms with Gasteiger partial charge in [-0.25, -0.2) is 4.98 Å². The summed E-state index contributed by atoms with van der Waals surface area (Å²) in [5, 5.41) is 4.56. The number of ether oxygens (including phenoxy) is 1. The molecule has 130 valence electrons. The van der Waals surface area contributed by atoms with E-state index in [0.717, 1.165) is 41.9 Å². The molecule has 0 spiro atoms. The summed E-state index contributed by atoms with van der Waals surface area (Å²) < 4.78 is 5.20. The summed E-state index contributed by atoms with van der Waals surface area (Å²) in [6.07, 6.45) is 0.965. The van der Waals surface area contributed by atoms with E-state index in [2.05, 4.69) is 46.2 Å². The Kier molecular flexibility index (Phi) is 6.61. The van der Waals surface area contributed by atoms with Crippen molar-refractivity contribution < 1.29 is 4.74 Å². The van der Waals surface area contributed by atoms with Crippen molar-refractivity contribution in [3.05, 3.63) is 45.4 Å². The number of thiazole rings is 1. The molecule has 0 saturated carbocycles. The first-order valence-corrected chi connectivity index (χ1v) is 8.82. The first kappa shape index (κ1) is 18.3. The van der Waals surface area contributed by atoms with Gasteiger partial charge in [0.1, 0.15) is 5.75 Å². The standard InChI is InChI=1S/C18H26N4OS/c1-13-17(24-14(2)21-13)10-11-20-18(19-3)22(4)12-15-6-8-16(23-5)9-7-15/h6-9H,10-12H2,1-5H3,(H,19,20). The van der Waals surface area contributed by atoms with Gasteiger partial charge in [0.25, 0.3) is 0 Å². The van der Waals surface area contributed by atoms with Crippen LogP contribution in [0.2, 0.25) is 0 Å². The van der Waals surface area contributed by atoms with Crippen molar-refractivity contribution in [3.8, 4) is 5.75 Å². The van der Waals surface area contributed by atoms with Gasteiger partial charge in [0.05, 0.1) is 17.8 Å². The van der Waals surface area contributed by atoms with Crippen LogP contribution in [-0.2, 0) is 13.0 Å². The Hall–Kier alpha value is -2.08. The summed E-state index contributed by atoms with van der Waals surface area (Å²) in [5.74, 6) is 1.77. The fourth-order valence-corrected chi connectivity index (χ4v) is 3.49. The lowest BCUT2D eigenvalue weighted by Gasteiger charge is -2.22. The largest absolute Gasteiger partial charge is 0.497 e. The second kappa shape index (κ2) is 8.68. The maximum absolute atomic E-state index is 5.20. The molecule has 6 heteroatoms. The van der Waals surface area contributed by atoms with Gasteiger partial charge in [0, 0.05) is 38.5 Å². The molecule has 0 atom stereocenters. The third-order valence-electron chi connectivity index (χ3n) is 3.79. The van der Waals surface area contributed by atoms with E-state index >= 15 is 0 Å². The van der Waals surface area contributed by atoms with Crippen LogP contribution in [0.25, 0.3) is 0 Å². The molecule has 0 aliphatic rings. The predicted octanol–water partition coefficient (Wildman–Crippen LogP) is 3.02. The summed E-state index contributed by atoms with van der Waals surface area (Å²) in [6.45, 7) is 5.77. The number of hydrogen-bond donors (Lipinski definition) is 1. The molecule has 0 fully saturated rings. The van der Waals surface area contributed by atoms with Gasteiger partial charge in [-0.2, -0.15) is 0 Å². The van der Waals surface area contributed by atoms with Gasteiger partial charge in [-0.05, 0) is 31.5 Å². The molecular weight excluding hydrogens is 320 g/mol. The Balaban J connectivity index is 1.86. The minimum atomic E-state index is 0.794. The fraction of sp³-hybridized carbons (Fsp3) is 0.444. The van der Waals surface area contributed by atoms with Crippen LogP contribution in [0, 0.1) is 13.8 Å². The van der Waals surface area contributed by atoms with E-state index in [1.807, 2.05) is 26.2 Å². The first-order chi connectivity index (χ1) is 11.5. The second-order valence-corrected chi connectivity index (χ2v) is 6.96. The SMILES string of the molecule is CN=C(NCCc1sc(C)nc1C)N(C)Cc1ccc(OC)cc1. The molecule has 0 amide bonds. The molecule has 24 heavy (non-hydrogen) atoms. The van der Waals surface area contributed by atoms with Gasteiger partial charge in [-0.1, -0.05) is 12.1 Å². The van der Waals surface area contributed by atoms with E-state index in [1.165, 1.54) is 10.4 Å². The Labute approximate surface area is 148 Å². The Morgan fingerprint density at radius 2 is 2.00 bits per heavy atom. The fourth-order valence-electron chi connectivity index (χ4n) is 2.56. The molecule has 0 radical (unpaired) electrons. The summed E-state index contributed by atoms with van der Waals surface area (Å²) in [7, 11) is 5.54. The van der Waals surface area contributed by atoms with Gasteiger partial charge >= 0.3 is 0 Å². The zero-order valence-corrected chi connectivity index (χ0v) is 15.9. The number of benzene rings is 1. The van der Waals surface area contributed by atoms with Crippen LogP contribution in [0.5, 0.6) is 5.75 Å². The quantitative estimate of drug-likeness (QED) is 0.645. The van der Waals surface area contributed by atoms with Crippen LogP contribution in [0.15, 0.2) is 29.3 Å². The molecule has 1 heterocycles. The zero-order valence-electron chi connectivity index (χ0n) is 15.1. The van der Waals surface area contributed by atoms with Crippen molar-refractivity contribution in [1.82, 2.24) is 15.2 Å². The Bertz CT molecular complexity index is 679. The van der Waals surface area contributed by atoms with Crippen molar-refractivity contribution in [3.63, 3.8) is 0 Å². The molecule has 5 nitrogen and oxygen atoms in total. The lowest BCUT2D eigenvalue weighted by molar-refractivity contribution is 0.414. The molecule has 2 aromatic rings. The van der Waals surface area contributed by atoms with E-state index in [-0.39, 0.29) is 0 Å². The van der Waals surface area contributed by atoms with Crippen LogP contribution in [0.4, 0.5) is 0 Å². The lowest BCUT2D eigenvalue weighted by atomic mass is 10.2. The number of rotatable bonds is 6. The number of aliphatic imine (C=N–C) groups is 1. The Morgan fingerprint density at radius 3 is 2.54 bits per heavy atom. The maximum atomic E-state index is 5.20. The third kappa shape index (κ3) is 4.96. The van der Waals surface area contributed by atoms with Crippen LogP contribution >= 0.6 is 11.3 Å². The van der Waals surface area contributed by atoms with Crippen LogP contribution in [0.1, 0.15) is 21.1 Å². The van der Waals surface area contributed by atoms with Gasteiger partial charge in [0.15, 0.2) is 5.96 Å². The third-order valence-corrected chi connectivity index (χ3v) is 4.92. The molecule has 2 rings (SSSR count). The van der Waals surface area contributed by atoms with E-state index < -0.39 is 0 Å². The summed E-state index contributed by atoms with van der Waals surface area (Å²) in [4.78, 5) is 12.3. The van der Waals surface area contributed by atoms with Gasteiger partial charge < -0.3 is 15.0 Å². The molecule has 1 aromatic carbocycles. The molecule has 0 aliphatic carbocycles. The summed E-state index contributed by atoms with van der Waals surface area (Å²) >= 11 is 1.77. The zero-order chi connectivity index (χ0) is 17.5. The molecular formula is C18H26N4OS. The van der Waals surface area contributed by atoms with Crippen molar-refractivity contribution in [2.45, 2.75) is 26.8 Å². The van der Waals surface area contributed by atoms with Crippen molar-refractivity contribution in [1.29, 1.82) is 0 Å². The average molecular weight is 347 g/mol. The van der Waals surface area contributed by atoms with Crippen LogP contribution < -0.4 is 10.1 Å². The van der Waals surface area contributed by atoms with Gasteiger partial charge in [-0.15, -0.1) is 11.3 Å². The highest BCUT2D eigenvalue weighted by Gasteiger charge is 2.08. The van der Waals surface area contributed by atoms with E-state index in [0.29, 0.717) is 0 Å².